The number of rotatable bonds is 6. The first-order valence-corrected chi connectivity index (χ1v) is 10.00. The Labute approximate surface area is 177 Å². The van der Waals surface area contributed by atoms with Crippen LogP contribution in [0.5, 0.6) is 0 Å². The van der Waals surface area contributed by atoms with Crippen molar-refractivity contribution >= 4 is 29.3 Å². The zero-order chi connectivity index (χ0) is 21.3. The number of amides is 3. The van der Waals surface area contributed by atoms with E-state index in [4.69, 9.17) is 16.1 Å². The minimum Gasteiger partial charge on any atom is -0.335 e. The number of hydrogen-bond acceptors (Lipinski definition) is 5. The first-order chi connectivity index (χ1) is 14.5. The number of fused-ring (bicyclic) bond motifs is 1. The lowest BCUT2D eigenvalue weighted by Crippen LogP contribution is -2.54. The average Bonchev–Trinajstić information content (AvgIpc) is 3.22. The van der Waals surface area contributed by atoms with Gasteiger partial charge in [0.1, 0.15) is 17.4 Å². The van der Waals surface area contributed by atoms with E-state index in [1.807, 2.05) is 6.92 Å². The molecule has 0 spiro atoms. The van der Waals surface area contributed by atoms with Gasteiger partial charge in [0.05, 0.1) is 11.6 Å². The number of carbonyl (C=O) groups is 2. The van der Waals surface area contributed by atoms with Crippen molar-refractivity contribution in [2.24, 2.45) is 5.92 Å². The van der Waals surface area contributed by atoms with Crippen LogP contribution < -0.4 is 0 Å². The van der Waals surface area contributed by atoms with Crippen LogP contribution in [0.2, 0.25) is 5.02 Å². The minimum absolute atomic E-state index is 0.00181. The van der Waals surface area contributed by atoms with Crippen molar-refractivity contribution in [3.8, 4) is 11.4 Å². The SMILES string of the molecule is CCCCN1C(=O)C2C=CC=CC2=[N+](Cc2nc(-c3ccc(Cl)c(F)c3)no2)C1=O. The van der Waals surface area contributed by atoms with Crippen molar-refractivity contribution in [2.45, 2.75) is 26.3 Å². The van der Waals surface area contributed by atoms with Crippen molar-refractivity contribution in [1.29, 1.82) is 0 Å². The molecule has 7 nitrogen and oxygen atoms in total. The molecule has 0 bridgehead atoms. The topological polar surface area (TPSA) is 79.3 Å². The molecule has 154 valence electrons. The number of unbranched alkanes of at least 4 members (excludes halogenated alkanes) is 1. The number of urea groups is 1. The number of carbonyl (C=O) groups excluding carboxylic acids is 2. The number of allylic oxidation sites excluding steroid dienone is 3. The van der Waals surface area contributed by atoms with Gasteiger partial charge in [0, 0.05) is 5.56 Å². The Morgan fingerprint density at radius 3 is 2.90 bits per heavy atom. The van der Waals surface area contributed by atoms with Crippen molar-refractivity contribution in [3.05, 3.63) is 59.2 Å². The van der Waals surface area contributed by atoms with Gasteiger partial charge in [-0.3, -0.25) is 0 Å². The van der Waals surface area contributed by atoms with E-state index in [2.05, 4.69) is 10.1 Å². The standard InChI is InChI=1S/C21H19ClFN4O3/c1-2-3-10-26-20(28)14-6-4-5-7-17(14)27(21(26)29)12-18-24-19(25-30-18)13-8-9-15(22)16(23)11-13/h4-9,11,14H,2-3,10,12H2,1H3/q+1. The van der Waals surface area contributed by atoms with Gasteiger partial charge in [-0.15, -0.1) is 0 Å². The van der Waals surface area contributed by atoms with E-state index >= 15 is 0 Å². The second kappa shape index (κ2) is 8.31. The fraction of sp³-hybridized carbons (Fsp3) is 0.286. The third kappa shape index (κ3) is 3.70. The quantitative estimate of drug-likeness (QED) is 0.649. The molecule has 0 N–H and O–H groups in total. The molecule has 0 fully saturated rings. The molecule has 0 saturated carbocycles. The summed E-state index contributed by atoms with van der Waals surface area (Å²) in [6, 6.07) is 3.79. The summed E-state index contributed by atoms with van der Waals surface area (Å²) >= 11 is 5.71. The molecule has 2 aliphatic rings. The Bertz CT molecular complexity index is 1110. The van der Waals surface area contributed by atoms with Crippen LogP contribution in [0.15, 0.2) is 47.0 Å². The monoisotopic (exact) mass is 429 g/mol. The van der Waals surface area contributed by atoms with Crippen molar-refractivity contribution in [2.75, 3.05) is 6.54 Å². The lowest BCUT2D eigenvalue weighted by atomic mass is 9.94. The zero-order valence-electron chi connectivity index (χ0n) is 16.2. The van der Waals surface area contributed by atoms with Crippen LogP contribution in [0.25, 0.3) is 11.4 Å². The Balaban J connectivity index is 1.65. The van der Waals surface area contributed by atoms with Gasteiger partial charge in [-0.1, -0.05) is 48.3 Å². The fourth-order valence-corrected chi connectivity index (χ4v) is 3.52. The summed E-state index contributed by atoms with van der Waals surface area (Å²) in [6.45, 7) is 2.35. The molecule has 3 amide bonds. The summed E-state index contributed by atoms with van der Waals surface area (Å²) in [6.07, 6.45) is 8.66. The van der Waals surface area contributed by atoms with E-state index in [1.54, 1.807) is 30.4 Å². The van der Waals surface area contributed by atoms with Crippen LogP contribution in [-0.4, -0.2) is 43.8 Å². The predicted molar refractivity (Wildman–Crippen MR) is 107 cm³/mol. The number of halogens is 2. The van der Waals surface area contributed by atoms with E-state index in [0.717, 1.165) is 12.8 Å². The average molecular weight is 430 g/mol. The van der Waals surface area contributed by atoms with Crippen LogP contribution in [0.4, 0.5) is 9.18 Å². The van der Waals surface area contributed by atoms with Crippen LogP contribution in [0, 0.1) is 11.7 Å². The van der Waals surface area contributed by atoms with Crippen LogP contribution in [0.3, 0.4) is 0 Å². The highest BCUT2D eigenvalue weighted by atomic mass is 35.5. The molecule has 1 aliphatic heterocycles. The molecule has 30 heavy (non-hydrogen) atoms. The highest BCUT2D eigenvalue weighted by Crippen LogP contribution is 2.24. The molecule has 1 aromatic heterocycles. The maximum absolute atomic E-state index is 13.7. The summed E-state index contributed by atoms with van der Waals surface area (Å²) < 4.78 is 20.5. The van der Waals surface area contributed by atoms with Crippen molar-refractivity contribution in [1.82, 2.24) is 15.0 Å². The van der Waals surface area contributed by atoms with Crippen LogP contribution >= 0.6 is 11.6 Å². The summed E-state index contributed by atoms with van der Waals surface area (Å²) in [5.41, 5.74) is 0.972. The normalized spacial score (nSPS) is 18.4. The Morgan fingerprint density at radius 2 is 2.13 bits per heavy atom. The summed E-state index contributed by atoms with van der Waals surface area (Å²) in [4.78, 5) is 31.4. The molecule has 9 heteroatoms. The fourth-order valence-electron chi connectivity index (χ4n) is 3.40. The summed E-state index contributed by atoms with van der Waals surface area (Å²) in [5, 5.41) is 3.88. The summed E-state index contributed by atoms with van der Waals surface area (Å²) in [5.74, 6) is -0.993. The van der Waals surface area contributed by atoms with Crippen LogP contribution in [0.1, 0.15) is 25.7 Å². The van der Waals surface area contributed by atoms with E-state index < -0.39 is 17.8 Å². The first kappa shape index (κ1) is 20.2. The van der Waals surface area contributed by atoms with E-state index in [1.165, 1.54) is 21.6 Å². The number of benzene rings is 1. The molecule has 0 saturated heterocycles. The second-order valence-corrected chi connectivity index (χ2v) is 7.41. The maximum Gasteiger partial charge on any atom is 0.501 e. The molecular formula is C21H19ClFN4O3+. The maximum atomic E-state index is 13.7. The molecule has 1 aliphatic carbocycles. The van der Waals surface area contributed by atoms with E-state index in [0.29, 0.717) is 17.8 Å². The van der Waals surface area contributed by atoms with Crippen molar-refractivity contribution < 1.29 is 23.1 Å². The number of aromatic nitrogens is 2. The number of hydrogen-bond donors (Lipinski definition) is 0. The first-order valence-electron chi connectivity index (χ1n) is 9.62. The van der Waals surface area contributed by atoms with E-state index in [-0.39, 0.29) is 29.2 Å². The molecule has 1 aromatic carbocycles. The zero-order valence-corrected chi connectivity index (χ0v) is 17.0. The van der Waals surface area contributed by atoms with E-state index in [9.17, 15) is 14.0 Å². The third-order valence-electron chi connectivity index (χ3n) is 4.98. The number of imide groups is 1. The van der Waals surface area contributed by atoms with Gasteiger partial charge in [0.2, 0.25) is 5.82 Å². The Kier molecular flexibility index (Phi) is 5.59. The van der Waals surface area contributed by atoms with Gasteiger partial charge in [0.25, 0.3) is 5.89 Å². The van der Waals surface area contributed by atoms with Gasteiger partial charge in [0.15, 0.2) is 6.54 Å². The number of nitrogens with zero attached hydrogens (tertiary/aromatic N) is 4. The minimum atomic E-state index is -0.589. The third-order valence-corrected chi connectivity index (χ3v) is 5.29. The van der Waals surface area contributed by atoms with Crippen LogP contribution in [-0.2, 0) is 11.3 Å². The lowest BCUT2D eigenvalue weighted by Gasteiger charge is -2.26. The highest BCUT2D eigenvalue weighted by Gasteiger charge is 2.46. The molecule has 1 atom stereocenters. The predicted octanol–water partition coefficient (Wildman–Crippen LogP) is 3.99. The Morgan fingerprint density at radius 1 is 1.30 bits per heavy atom. The van der Waals surface area contributed by atoms with Gasteiger partial charge in [-0.05, 0) is 30.7 Å². The van der Waals surface area contributed by atoms with Gasteiger partial charge in [-0.25, -0.2) is 9.18 Å². The smallest absolute Gasteiger partial charge is 0.335 e. The molecule has 2 aromatic rings. The van der Waals surface area contributed by atoms with Gasteiger partial charge >= 0.3 is 11.9 Å². The van der Waals surface area contributed by atoms with Crippen molar-refractivity contribution in [3.63, 3.8) is 0 Å². The van der Waals surface area contributed by atoms with Gasteiger partial charge < -0.3 is 4.52 Å². The van der Waals surface area contributed by atoms with Gasteiger partial charge in [-0.2, -0.15) is 19.3 Å². The summed E-state index contributed by atoms with van der Waals surface area (Å²) in [7, 11) is 0. The molecule has 0 radical (unpaired) electrons. The molecule has 1 unspecified atom stereocenters. The lowest BCUT2D eigenvalue weighted by molar-refractivity contribution is -0.460. The molecule has 2 heterocycles. The Hall–Kier alpha value is -3.13. The highest BCUT2D eigenvalue weighted by molar-refractivity contribution is 6.30. The molecular weight excluding hydrogens is 411 g/mol. The largest absolute Gasteiger partial charge is 0.501 e. The second-order valence-electron chi connectivity index (χ2n) is 7.00. The molecule has 4 rings (SSSR count).